The Morgan fingerprint density at radius 3 is 1.97 bits per heavy atom. The van der Waals surface area contributed by atoms with E-state index < -0.39 is 0 Å². The first-order valence-corrected chi connectivity index (χ1v) is 11.6. The van der Waals surface area contributed by atoms with E-state index in [4.69, 9.17) is 12.2 Å². The highest BCUT2D eigenvalue weighted by atomic mass is 32.2. The van der Waals surface area contributed by atoms with Crippen LogP contribution in [-0.2, 0) is 9.59 Å². The van der Waals surface area contributed by atoms with Crippen LogP contribution in [-0.4, -0.2) is 27.5 Å². The van der Waals surface area contributed by atoms with Crippen LogP contribution >= 0.6 is 24.0 Å². The molecule has 3 aromatic rings. The molecular formula is C26H22N2O2S2. The summed E-state index contributed by atoms with van der Waals surface area (Å²) < 4.78 is 0.430. The van der Waals surface area contributed by atoms with E-state index >= 15 is 0 Å². The molecule has 1 fully saturated rings. The average Bonchev–Trinajstić information content (AvgIpc) is 3.09. The molecule has 1 amide bonds. The summed E-state index contributed by atoms with van der Waals surface area (Å²) in [6.07, 6.45) is 2.21. The van der Waals surface area contributed by atoms with Gasteiger partial charge in [-0.05, 0) is 48.0 Å². The zero-order chi connectivity index (χ0) is 22.5. The molecule has 160 valence electrons. The predicted molar refractivity (Wildman–Crippen MR) is 136 cm³/mol. The van der Waals surface area contributed by atoms with Crippen molar-refractivity contribution in [1.29, 1.82) is 0 Å². The summed E-state index contributed by atoms with van der Waals surface area (Å²) in [7, 11) is 0. The molecule has 0 spiro atoms. The molecule has 32 heavy (non-hydrogen) atoms. The molecule has 1 aliphatic heterocycles. The Kier molecular flexibility index (Phi) is 6.83. The molecule has 0 aromatic heterocycles. The molecular weight excluding hydrogens is 436 g/mol. The Balaban J connectivity index is 1.60. The number of hydrogen-bond acceptors (Lipinski definition) is 5. The third-order valence-corrected chi connectivity index (χ3v) is 6.46. The van der Waals surface area contributed by atoms with E-state index in [1.807, 2.05) is 66.7 Å². The lowest BCUT2D eigenvalue weighted by atomic mass is 10.1. The van der Waals surface area contributed by atoms with Crippen molar-refractivity contribution in [2.75, 3.05) is 11.4 Å². The van der Waals surface area contributed by atoms with Crippen molar-refractivity contribution < 1.29 is 9.59 Å². The van der Waals surface area contributed by atoms with Crippen LogP contribution in [0.4, 0.5) is 17.1 Å². The van der Waals surface area contributed by atoms with Gasteiger partial charge in [-0.25, -0.2) is 0 Å². The van der Waals surface area contributed by atoms with E-state index in [1.165, 1.54) is 16.7 Å². The molecule has 0 saturated carbocycles. The lowest BCUT2D eigenvalue weighted by Gasteiger charge is -2.25. The number of nitrogens with zero attached hydrogens (tertiary/aromatic N) is 2. The Labute approximate surface area is 197 Å². The summed E-state index contributed by atoms with van der Waals surface area (Å²) in [5.74, 6) is -0.213. The van der Waals surface area contributed by atoms with Gasteiger partial charge in [0.05, 0.1) is 11.4 Å². The van der Waals surface area contributed by atoms with Gasteiger partial charge in [-0.1, -0.05) is 79.4 Å². The number of Topliss-reactive ketones (excluding diaryl/α,β-unsaturated/α-hetero) is 1. The normalized spacial score (nSPS) is 14.8. The van der Waals surface area contributed by atoms with E-state index in [-0.39, 0.29) is 18.2 Å². The SMILES string of the molecule is CCC(=O)CN1C(=O)/C(=C\c2ccc(N(c3ccccc3)c3ccccc3)cc2)SC1=S. The first-order valence-electron chi connectivity index (χ1n) is 10.3. The van der Waals surface area contributed by atoms with Crippen LogP contribution in [0.5, 0.6) is 0 Å². The molecule has 0 N–H and O–H groups in total. The third-order valence-electron chi connectivity index (χ3n) is 5.08. The summed E-state index contributed by atoms with van der Waals surface area (Å²) in [5, 5.41) is 0. The largest absolute Gasteiger partial charge is 0.311 e. The number of rotatable bonds is 7. The van der Waals surface area contributed by atoms with Crippen molar-refractivity contribution in [3.05, 3.63) is 95.4 Å². The molecule has 0 aliphatic carbocycles. The first-order chi connectivity index (χ1) is 15.6. The average molecular weight is 459 g/mol. The fourth-order valence-corrected chi connectivity index (χ4v) is 4.65. The van der Waals surface area contributed by atoms with Crippen molar-refractivity contribution in [2.45, 2.75) is 13.3 Å². The molecule has 0 atom stereocenters. The number of carbonyl (C=O) groups excluding carboxylic acids is 2. The molecule has 0 bridgehead atoms. The quantitative estimate of drug-likeness (QED) is 0.305. The molecule has 1 heterocycles. The lowest BCUT2D eigenvalue weighted by Crippen LogP contribution is -2.33. The summed E-state index contributed by atoms with van der Waals surface area (Å²) in [4.78, 5) is 28.6. The van der Waals surface area contributed by atoms with Crippen molar-refractivity contribution in [2.24, 2.45) is 0 Å². The molecule has 1 aliphatic rings. The molecule has 6 heteroatoms. The summed E-state index contributed by atoms with van der Waals surface area (Å²) in [6, 6.07) is 28.4. The fourth-order valence-electron chi connectivity index (χ4n) is 3.40. The van der Waals surface area contributed by atoms with Gasteiger partial charge in [-0.3, -0.25) is 14.5 Å². The number of hydrogen-bond donors (Lipinski definition) is 0. The number of amides is 1. The third kappa shape index (κ3) is 4.82. The van der Waals surface area contributed by atoms with Crippen LogP contribution in [0, 0.1) is 0 Å². The van der Waals surface area contributed by atoms with E-state index in [0.29, 0.717) is 15.6 Å². The van der Waals surface area contributed by atoms with E-state index in [2.05, 4.69) is 29.2 Å². The minimum absolute atomic E-state index is 0.00572. The van der Waals surface area contributed by atoms with Crippen LogP contribution in [0.1, 0.15) is 18.9 Å². The van der Waals surface area contributed by atoms with Crippen LogP contribution in [0.2, 0.25) is 0 Å². The summed E-state index contributed by atoms with van der Waals surface area (Å²) >= 11 is 6.55. The van der Waals surface area contributed by atoms with Crippen molar-refractivity contribution in [3.63, 3.8) is 0 Å². The van der Waals surface area contributed by atoms with Crippen LogP contribution in [0.25, 0.3) is 6.08 Å². The standard InChI is InChI=1S/C26H22N2O2S2/c1-2-23(29)18-27-25(30)24(32-26(27)31)17-19-13-15-22(16-14-19)28(20-9-5-3-6-10-20)21-11-7-4-8-12-21/h3-17H,2,18H2,1H3/b24-17+. The zero-order valence-corrected chi connectivity index (χ0v) is 19.2. The predicted octanol–water partition coefficient (Wildman–Crippen LogP) is 6.34. The highest BCUT2D eigenvalue weighted by molar-refractivity contribution is 8.26. The second kappa shape index (κ2) is 9.94. The van der Waals surface area contributed by atoms with Gasteiger partial charge in [0.25, 0.3) is 5.91 Å². The maximum atomic E-state index is 12.7. The van der Waals surface area contributed by atoms with Crippen molar-refractivity contribution >= 4 is 63.1 Å². The highest BCUT2D eigenvalue weighted by Gasteiger charge is 2.32. The zero-order valence-electron chi connectivity index (χ0n) is 17.6. The van der Waals surface area contributed by atoms with Gasteiger partial charge in [0, 0.05) is 23.5 Å². The molecule has 3 aromatic carbocycles. The minimum atomic E-state index is -0.207. The van der Waals surface area contributed by atoms with E-state index in [9.17, 15) is 9.59 Å². The second-order valence-electron chi connectivity index (χ2n) is 7.26. The minimum Gasteiger partial charge on any atom is -0.311 e. The maximum Gasteiger partial charge on any atom is 0.266 e. The molecule has 1 saturated heterocycles. The van der Waals surface area contributed by atoms with Crippen molar-refractivity contribution in [3.8, 4) is 0 Å². The number of thiocarbonyl (C=S) groups is 1. The van der Waals surface area contributed by atoms with Gasteiger partial charge >= 0.3 is 0 Å². The van der Waals surface area contributed by atoms with Gasteiger partial charge in [0.15, 0.2) is 5.78 Å². The number of benzene rings is 3. The van der Waals surface area contributed by atoms with Crippen molar-refractivity contribution in [1.82, 2.24) is 4.90 Å². The summed E-state index contributed by atoms with van der Waals surface area (Å²) in [5.41, 5.74) is 4.04. The van der Waals surface area contributed by atoms with Crippen LogP contribution in [0.3, 0.4) is 0 Å². The monoisotopic (exact) mass is 458 g/mol. The van der Waals surface area contributed by atoms with Gasteiger partial charge in [-0.15, -0.1) is 0 Å². The second-order valence-corrected chi connectivity index (χ2v) is 8.93. The maximum absolute atomic E-state index is 12.7. The lowest BCUT2D eigenvalue weighted by molar-refractivity contribution is -0.127. The smallest absolute Gasteiger partial charge is 0.266 e. The van der Waals surface area contributed by atoms with Gasteiger partial charge < -0.3 is 4.90 Å². The Morgan fingerprint density at radius 1 is 0.906 bits per heavy atom. The van der Waals surface area contributed by atoms with Crippen LogP contribution < -0.4 is 4.90 Å². The molecule has 0 radical (unpaired) electrons. The van der Waals surface area contributed by atoms with E-state index in [0.717, 1.165) is 22.6 Å². The number of para-hydroxylation sites is 2. The molecule has 0 unspecified atom stereocenters. The molecule has 4 nitrogen and oxygen atoms in total. The Hall–Kier alpha value is -3.22. The van der Waals surface area contributed by atoms with Gasteiger partial charge in [-0.2, -0.15) is 0 Å². The number of anilines is 3. The fraction of sp³-hybridized carbons (Fsp3) is 0.115. The number of ketones is 1. The topological polar surface area (TPSA) is 40.6 Å². The van der Waals surface area contributed by atoms with Gasteiger partial charge in [0.1, 0.15) is 4.32 Å². The number of carbonyl (C=O) groups is 2. The Bertz CT molecular complexity index is 1120. The Morgan fingerprint density at radius 2 is 1.44 bits per heavy atom. The summed E-state index contributed by atoms with van der Waals surface area (Å²) in [6.45, 7) is 1.83. The van der Waals surface area contributed by atoms with Gasteiger partial charge in [0.2, 0.25) is 0 Å². The van der Waals surface area contributed by atoms with Crippen LogP contribution in [0.15, 0.2) is 89.8 Å². The van der Waals surface area contributed by atoms with E-state index in [1.54, 1.807) is 6.92 Å². The molecule has 4 rings (SSSR count). The highest BCUT2D eigenvalue weighted by Crippen LogP contribution is 2.35. The first kappa shape index (κ1) is 22.0. The number of thioether (sulfide) groups is 1.